The summed E-state index contributed by atoms with van der Waals surface area (Å²) in [5, 5.41) is 10.5. The number of carbonyl (C=O) groups excluding carboxylic acids is 4. The van der Waals surface area contributed by atoms with E-state index >= 15 is 0 Å². The highest BCUT2D eigenvalue weighted by Crippen LogP contribution is 2.42. The van der Waals surface area contributed by atoms with Gasteiger partial charge < -0.3 is 14.2 Å². The van der Waals surface area contributed by atoms with E-state index in [9.17, 15) is 19.2 Å². The number of ether oxygens (including phenoxy) is 3. The number of hydrogen-bond acceptors (Lipinski definition) is 9. The van der Waals surface area contributed by atoms with Crippen LogP contribution in [0.4, 0.5) is 15.4 Å². The molecule has 0 aliphatic carbocycles. The molecular formula is C23H34N4O7. The number of aromatic nitrogens is 2. The Labute approximate surface area is 199 Å². The van der Waals surface area contributed by atoms with E-state index < -0.39 is 46.7 Å². The minimum atomic E-state index is -1.65. The Balaban J connectivity index is 2.29. The zero-order chi connectivity index (χ0) is 25.9. The van der Waals surface area contributed by atoms with Gasteiger partial charge in [0.2, 0.25) is 5.91 Å². The molecule has 0 spiro atoms. The van der Waals surface area contributed by atoms with Gasteiger partial charge in [-0.25, -0.2) is 14.5 Å². The molecule has 1 fully saturated rings. The minimum absolute atomic E-state index is 0.0633. The topological polar surface area (TPSA) is 137 Å². The van der Waals surface area contributed by atoms with E-state index in [2.05, 4.69) is 15.5 Å². The van der Waals surface area contributed by atoms with Crippen molar-refractivity contribution in [3.05, 3.63) is 17.8 Å². The molecule has 34 heavy (non-hydrogen) atoms. The molecule has 1 aromatic rings. The van der Waals surface area contributed by atoms with Crippen LogP contribution in [-0.2, 0) is 30.2 Å². The molecule has 0 saturated carbocycles. The minimum Gasteiger partial charge on any atom is -0.468 e. The van der Waals surface area contributed by atoms with Crippen LogP contribution in [-0.4, -0.2) is 63.5 Å². The normalized spacial score (nSPS) is 20.6. The summed E-state index contributed by atoms with van der Waals surface area (Å²) in [5.74, 6) is -1.32. The molecule has 11 nitrogen and oxygen atoms in total. The van der Waals surface area contributed by atoms with Gasteiger partial charge in [0.15, 0.2) is 11.2 Å². The fourth-order valence-corrected chi connectivity index (χ4v) is 3.67. The molecular weight excluding hydrogens is 444 g/mol. The second kappa shape index (κ2) is 9.94. The molecule has 3 amide bonds. The number of methoxy groups -OCH3 is 1. The third-order valence-electron chi connectivity index (χ3n) is 5.05. The Morgan fingerprint density at radius 2 is 1.71 bits per heavy atom. The van der Waals surface area contributed by atoms with E-state index in [4.69, 9.17) is 14.2 Å². The van der Waals surface area contributed by atoms with E-state index in [0.29, 0.717) is 12.1 Å². The number of hydrogen-bond donors (Lipinski definition) is 1. The van der Waals surface area contributed by atoms with Crippen LogP contribution in [0.25, 0.3) is 0 Å². The monoisotopic (exact) mass is 478 g/mol. The lowest BCUT2D eigenvalue weighted by molar-refractivity contribution is -0.158. The summed E-state index contributed by atoms with van der Waals surface area (Å²) in [6.07, 6.45) is -1.13. The molecule has 0 radical (unpaired) electrons. The van der Waals surface area contributed by atoms with Gasteiger partial charge in [-0.05, 0) is 66.5 Å². The molecule has 1 aromatic heterocycles. The molecule has 2 heterocycles. The van der Waals surface area contributed by atoms with E-state index in [1.54, 1.807) is 41.5 Å². The van der Waals surface area contributed by atoms with Crippen LogP contribution in [0.15, 0.2) is 12.1 Å². The van der Waals surface area contributed by atoms with Gasteiger partial charge in [-0.1, -0.05) is 6.92 Å². The highest BCUT2D eigenvalue weighted by atomic mass is 16.6. The second-order valence-corrected chi connectivity index (χ2v) is 10.2. The van der Waals surface area contributed by atoms with Crippen molar-refractivity contribution < 1.29 is 33.4 Å². The van der Waals surface area contributed by atoms with Crippen molar-refractivity contribution in [2.24, 2.45) is 5.41 Å². The van der Waals surface area contributed by atoms with Crippen LogP contribution in [0, 0.1) is 5.41 Å². The van der Waals surface area contributed by atoms with Crippen molar-refractivity contribution in [3.8, 4) is 0 Å². The first kappa shape index (κ1) is 27.0. The fourth-order valence-electron chi connectivity index (χ4n) is 3.67. The maximum Gasteiger partial charge on any atom is 0.417 e. The zero-order valence-corrected chi connectivity index (χ0v) is 21.1. The molecule has 2 rings (SSSR count). The van der Waals surface area contributed by atoms with Crippen LogP contribution < -0.4 is 5.32 Å². The molecule has 188 valence electrons. The molecule has 1 aliphatic heterocycles. The summed E-state index contributed by atoms with van der Waals surface area (Å²) in [7, 11) is 1.19. The predicted octanol–water partition coefficient (Wildman–Crippen LogP) is 3.47. The first-order valence-electron chi connectivity index (χ1n) is 11.1. The van der Waals surface area contributed by atoms with E-state index in [0.717, 1.165) is 4.90 Å². The van der Waals surface area contributed by atoms with Crippen LogP contribution >= 0.6 is 0 Å². The van der Waals surface area contributed by atoms with Crippen molar-refractivity contribution in [3.63, 3.8) is 0 Å². The lowest BCUT2D eigenvalue weighted by atomic mass is 9.80. The van der Waals surface area contributed by atoms with Gasteiger partial charge >= 0.3 is 18.2 Å². The molecule has 2 atom stereocenters. The summed E-state index contributed by atoms with van der Waals surface area (Å²) in [6, 6.07) is 2.48. The first-order valence-corrected chi connectivity index (χ1v) is 11.1. The molecule has 1 saturated heterocycles. The fraction of sp³-hybridized carbons (Fsp3) is 0.652. The first-order chi connectivity index (χ1) is 15.6. The number of amides is 3. The molecule has 0 bridgehead atoms. The highest BCUT2D eigenvalue weighted by molar-refractivity contribution is 6.09. The summed E-state index contributed by atoms with van der Waals surface area (Å²) in [5.41, 5.74) is -2.83. The van der Waals surface area contributed by atoms with Gasteiger partial charge in [-0.2, -0.15) is 5.10 Å². The SMILES string of the molecule is CC[C@@H]1CC(Cc2ccc(NC(=O)OC(C)(C)C)nn2)(C(=O)OC)C(=O)N1C(=O)OC(C)(C)C. The number of likely N-dealkylation sites (tertiary alicyclic amines) is 1. The van der Waals surface area contributed by atoms with Crippen molar-refractivity contribution in [1.29, 1.82) is 0 Å². The number of nitrogens with zero attached hydrogens (tertiary/aromatic N) is 3. The lowest BCUT2D eigenvalue weighted by Gasteiger charge is -2.27. The quantitative estimate of drug-likeness (QED) is 0.383. The Kier molecular flexibility index (Phi) is 7.90. The zero-order valence-electron chi connectivity index (χ0n) is 21.1. The largest absolute Gasteiger partial charge is 0.468 e. The smallest absolute Gasteiger partial charge is 0.417 e. The number of nitrogens with one attached hydrogen (secondary N) is 1. The van der Waals surface area contributed by atoms with E-state index in [1.807, 2.05) is 6.92 Å². The predicted molar refractivity (Wildman–Crippen MR) is 122 cm³/mol. The average molecular weight is 479 g/mol. The van der Waals surface area contributed by atoms with Gasteiger partial charge in [0.05, 0.1) is 12.8 Å². The average Bonchev–Trinajstić information content (AvgIpc) is 2.98. The van der Waals surface area contributed by atoms with Gasteiger partial charge in [-0.3, -0.25) is 14.9 Å². The van der Waals surface area contributed by atoms with Crippen molar-refractivity contribution in [2.45, 2.75) is 85.0 Å². The molecule has 0 aromatic carbocycles. The van der Waals surface area contributed by atoms with Crippen LogP contribution in [0.5, 0.6) is 0 Å². The summed E-state index contributed by atoms with van der Waals surface area (Å²) in [4.78, 5) is 52.1. The Hall–Kier alpha value is -3.24. The number of imide groups is 1. The van der Waals surface area contributed by atoms with Crippen molar-refractivity contribution in [1.82, 2.24) is 15.1 Å². The highest BCUT2D eigenvalue weighted by Gasteiger charge is 2.59. The Morgan fingerprint density at radius 1 is 1.09 bits per heavy atom. The van der Waals surface area contributed by atoms with Crippen molar-refractivity contribution in [2.75, 3.05) is 12.4 Å². The molecule has 1 unspecified atom stereocenters. The van der Waals surface area contributed by atoms with Crippen LogP contribution in [0.1, 0.15) is 67.0 Å². The maximum absolute atomic E-state index is 13.5. The van der Waals surface area contributed by atoms with E-state index in [1.165, 1.54) is 19.2 Å². The number of rotatable bonds is 5. The Bertz CT molecular complexity index is 934. The summed E-state index contributed by atoms with van der Waals surface area (Å²) >= 11 is 0. The summed E-state index contributed by atoms with van der Waals surface area (Å²) < 4.78 is 15.5. The molecule has 11 heteroatoms. The second-order valence-electron chi connectivity index (χ2n) is 10.2. The maximum atomic E-state index is 13.5. The van der Waals surface area contributed by atoms with Gasteiger partial charge in [0.1, 0.15) is 11.2 Å². The third kappa shape index (κ3) is 6.42. The Morgan fingerprint density at radius 3 is 2.18 bits per heavy atom. The molecule has 1 N–H and O–H groups in total. The van der Waals surface area contributed by atoms with E-state index in [-0.39, 0.29) is 18.7 Å². The number of anilines is 1. The molecule has 1 aliphatic rings. The standard InChI is InChI=1S/C23H34N4O7/c1-9-15-13-23(18(29)32-8,17(28)27(15)20(31)34-22(5,6)7)12-14-10-11-16(26-25-14)24-19(30)33-21(2,3)4/h10-11,15H,9,12-13H2,1-8H3,(H,24,26,30)/t15-,23?/m1/s1. The van der Waals surface area contributed by atoms with Crippen LogP contribution in [0.3, 0.4) is 0 Å². The van der Waals surface area contributed by atoms with Gasteiger partial charge in [-0.15, -0.1) is 5.10 Å². The van der Waals surface area contributed by atoms with Gasteiger partial charge in [0.25, 0.3) is 0 Å². The number of esters is 1. The summed E-state index contributed by atoms with van der Waals surface area (Å²) in [6.45, 7) is 12.1. The number of carbonyl (C=O) groups is 4. The van der Waals surface area contributed by atoms with Gasteiger partial charge in [0, 0.05) is 12.5 Å². The van der Waals surface area contributed by atoms with Crippen LogP contribution in [0.2, 0.25) is 0 Å². The lowest BCUT2D eigenvalue weighted by Crippen LogP contribution is -2.47. The van der Waals surface area contributed by atoms with Crippen molar-refractivity contribution >= 4 is 29.9 Å². The third-order valence-corrected chi connectivity index (χ3v) is 5.05.